The molecule has 0 bridgehead atoms. The van der Waals surface area contributed by atoms with Crippen LogP contribution < -0.4 is 10.1 Å². The molecule has 1 N–H and O–H groups in total. The highest BCUT2D eigenvalue weighted by Crippen LogP contribution is 2.33. The van der Waals surface area contributed by atoms with Crippen LogP contribution in [0.2, 0.25) is 0 Å². The van der Waals surface area contributed by atoms with Crippen LogP contribution in [0.15, 0.2) is 64.2 Å². The van der Waals surface area contributed by atoms with Gasteiger partial charge in [0.1, 0.15) is 11.6 Å². The van der Waals surface area contributed by atoms with E-state index >= 15 is 0 Å². The number of carbonyl (C=O) groups is 1. The Labute approximate surface area is 189 Å². The normalized spacial score (nSPS) is 14.8. The van der Waals surface area contributed by atoms with Crippen LogP contribution in [0.25, 0.3) is 0 Å². The molecule has 4 rings (SSSR count). The number of benzene rings is 2. The predicted molar refractivity (Wildman–Crippen MR) is 119 cm³/mol. The van der Waals surface area contributed by atoms with Crippen molar-refractivity contribution in [3.05, 3.63) is 70.7 Å². The van der Waals surface area contributed by atoms with Crippen molar-refractivity contribution in [1.82, 2.24) is 4.31 Å². The number of anilines is 1. The van der Waals surface area contributed by atoms with Crippen molar-refractivity contribution in [3.63, 3.8) is 0 Å². The van der Waals surface area contributed by atoms with Gasteiger partial charge in [-0.25, -0.2) is 12.8 Å². The number of thiophene rings is 1. The van der Waals surface area contributed by atoms with Crippen LogP contribution in [0.1, 0.15) is 5.56 Å². The van der Waals surface area contributed by atoms with Crippen molar-refractivity contribution >= 4 is 33.0 Å². The maximum atomic E-state index is 13.2. The molecule has 0 radical (unpaired) electrons. The molecule has 1 saturated heterocycles. The SMILES string of the molecule is O=C(Cc1ccsc1)Nc1cc(S(=O)(=O)N2CCOCC2)ccc1Oc1ccc(F)cc1. The second kappa shape index (κ2) is 9.78. The number of carbonyl (C=O) groups excluding carboxylic acids is 1. The van der Waals surface area contributed by atoms with Gasteiger partial charge in [0.25, 0.3) is 0 Å². The summed E-state index contributed by atoms with van der Waals surface area (Å²) < 4.78 is 51.8. The fraction of sp³-hybridized carbons (Fsp3) is 0.227. The number of ether oxygens (including phenoxy) is 2. The molecular formula is C22H21FN2O5S2. The van der Waals surface area contributed by atoms with Gasteiger partial charge in [-0.3, -0.25) is 4.79 Å². The maximum absolute atomic E-state index is 13.2. The molecule has 1 amide bonds. The average molecular weight is 477 g/mol. The summed E-state index contributed by atoms with van der Waals surface area (Å²) in [6.07, 6.45) is 0.139. The standard InChI is InChI=1S/C22H21FN2O5S2/c23-17-1-3-18(4-2-17)30-21-6-5-19(32(27,28)25-8-10-29-11-9-25)14-20(21)24-22(26)13-16-7-12-31-15-16/h1-7,12,14-15H,8-11,13H2,(H,24,26). The Hall–Kier alpha value is -2.79. The first-order valence-electron chi connectivity index (χ1n) is 9.88. The number of morpholine rings is 1. The third kappa shape index (κ3) is 5.33. The van der Waals surface area contributed by atoms with Crippen molar-refractivity contribution in [2.24, 2.45) is 0 Å². The second-order valence-corrected chi connectivity index (χ2v) is 9.80. The molecule has 32 heavy (non-hydrogen) atoms. The van der Waals surface area contributed by atoms with Gasteiger partial charge in [0.2, 0.25) is 15.9 Å². The molecule has 0 unspecified atom stereocenters. The van der Waals surface area contributed by atoms with Crippen LogP contribution in [0, 0.1) is 5.82 Å². The van der Waals surface area contributed by atoms with Crippen LogP contribution in [0.4, 0.5) is 10.1 Å². The predicted octanol–water partition coefficient (Wildman–Crippen LogP) is 3.88. The van der Waals surface area contributed by atoms with Crippen molar-refractivity contribution in [2.75, 3.05) is 31.6 Å². The molecule has 0 spiro atoms. The fourth-order valence-electron chi connectivity index (χ4n) is 3.19. The maximum Gasteiger partial charge on any atom is 0.243 e. The summed E-state index contributed by atoms with van der Waals surface area (Å²) in [7, 11) is -3.77. The van der Waals surface area contributed by atoms with E-state index < -0.39 is 15.8 Å². The summed E-state index contributed by atoms with van der Waals surface area (Å²) in [5.41, 5.74) is 1.06. The molecular weight excluding hydrogens is 455 g/mol. The number of hydrogen-bond donors (Lipinski definition) is 1. The fourth-order valence-corrected chi connectivity index (χ4v) is 5.30. The topological polar surface area (TPSA) is 84.9 Å². The zero-order chi connectivity index (χ0) is 22.6. The highest BCUT2D eigenvalue weighted by molar-refractivity contribution is 7.89. The summed E-state index contributed by atoms with van der Waals surface area (Å²) in [6.45, 7) is 1.18. The summed E-state index contributed by atoms with van der Waals surface area (Å²) in [5.74, 6) is -0.124. The number of halogens is 1. The Morgan fingerprint density at radius 1 is 1.12 bits per heavy atom. The summed E-state index contributed by atoms with van der Waals surface area (Å²) in [6, 6.07) is 11.5. The lowest BCUT2D eigenvalue weighted by molar-refractivity contribution is -0.115. The lowest BCUT2D eigenvalue weighted by Gasteiger charge is -2.26. The Morgan fingerprint density at radius 2 is 1.88 bits per heavy atom. The number of rotatable bonds is 7. The zero-order valence-electron chi connectivity index (χ0n) is 17.0. The highest BCUT2D eigenvalue weighted by Gasteiger charge is 2.27. The Balaban J connectivity index is 1.64. The smallest absolute Gasteiger partial charge is 0.243 e. The van der Waals surface area contributed by atoms with Crippen LogP contribution in [0.3, 0.4) is 0 Å². The van der Waals surface area contributed by atoms with Gasteiger partial charge in [0.05, 0.1) is 30.2 Å². The van der Waals surface area contributed by atoms with E-state index in [2.05, 4.69) is 5.32 Å². The van der Waals surface area contributed by atoms with E-state index in [0.717, 1.165) is 5.56 Å². The molecule has 0 atom stereocenters. The Morgan fingerprint density at radius 3 is 2.56 bits per heavy atom. The second-order valence-electron chi connectivity index (χ2n) is 7.09. The van der Waals surface area contributed by atoms with Crippen LogP contribution in [-0.4, -0.2) is 44.9 Å². The highest BCUT2D eigenvalue weighted by atomic mass is 32.2. The average Bonchev–Trinajstić information content (AvgIpc) is 3.30. The van der Waals surface area contributed by atoms with E-state index in [1.54, 1.807) is 0 Å². The first-order valence-corrected chi connectivity index (χ1v) is 12.3. The molecule has 1 aliphatic heterocycles. The van der Waals surface area contributed by atoms with E-state index in [4.69, 9.17) is 9.47 Å². The van der Waals surface area contributed by atoms with Crippen LogP contribution in [-0.2, 0) is 26.0 Å². The van der Waals surface area contributed by atoms with Crippen molar-refractivity contribution in [3.8, 4) is 11.5 Å². The van der Waals surface area contributed by atoms with Gasteiger partial charge in [-0.2, -0.15) is 15.6 Å². The van der Waals surface area contributed by atoms with Gasteiger partial charge in [-0.15, -0.1) is 0 Å². The summed E-state index contributed by atoms with van der Waals surface area (Å²) in [4.78, 5) is 12.6. The number of hydrogen-bond acceptors (Lipinski definition) is 6. The molecule has 2 aromatic carbocycles. The van der Waals surface area contributed by atoms with Gasteiger partial charge >= 0.3 is 0 Å². The first kappa shape index (κ1) is 22.4. The third-order valence-electron chi connectivity index (χ3n) is 4.82. The van der Waals surface area contributed by atoms with E-state index in [9.17, 15) is 17.6 Å². The third-order valence-corrected chi connectivity index (χ3v) is 7.45. The first-order chi connectivity index (χ1) is 15.4. The Kier molecular flexibility index (Phi) is 6.85. The van der Waals surface area contributed by atoms with Gasteiger partial charge in [0.15, 0.2) is 5.75 Å². The lowest BCUT2D eigenvalue weighted by Crippen LogP contribution is -2.40. The number of nitrogens with one attached hydrogen (secondary N) is 1. The minimum absolute atomic E-state index is 0.0386. The lowest BCUT2D eigenvalue weighted by atomic mass is 10.2. The van der Waals surface area contributed by atoms with E-state index in [-0.39, 0.29) is 41.7 Å². The summed E-state index contributed by atoms with van der Waals surface area (Å²) >= 11 is 1.49. The number of nitrogens with zero attached hydrogens (tertiary/aromatic N) is 1. The molecule has 1 fully saturated rings. The quantitative estimate of drug-likeness (QED) is 0.559. The molecule has 1 aromatic heterocycles. The van der Waals surface area contributed by atoms with E-state index in [1.165, 1.54) is 58.1 Å². The largest absolute Gasteiger partial charge is 0.455 e. The molecule has 168 valence electrons. The molecule has 0 saturated carbocycles. The minimum atomic E-state index is -3.77. The molecule has 7 nitrogen and oxygen atoms in total. The number of sulfonamides is 1. The van der Waals surface area contributed by atoms with Gasteiger partial charge in [-0.1, -0.05) is 0 Å². The van der Waals surface area contributed by atoms with Gasteiger partial charge < -0.3 is 14.8 Å². The molecule has 10 heteroatoms. The zero-order valence-corrected chi connectivity index (χ0v) is 18.6. The van der Waals surface area contributed by atoms with Crippen molar-refractivity contribution < 1.29 is 27.1 Å². The minimum Gasteiger partial charge on any atom is -0.455 e. The monoisotopic (exact) mass is 476 g/mol. The molecule has 0 aliphatic carbocycles. The molecule has 2 heterocycles. The Bertz CT molecular complexity index is 1180. The van der Waals surface area contributed by atoms with Crippen LogP contribution in [0.5, 0.6) is 11.5 Å². The van der Waals surface area contributed by atoms with Crippen molar-refractivity contribution in [1.29, 1.82) is 0 Å². The number of amides is 1. The summed E-state index contributed by atoms with van der Waals surface area (Å²) in [5, 5.41) is 6.50. The van der Waals surface area contributed by atoms with Crippen LogP contribution >= 0.6 is 11.3 Å². The van der Waals surface area contributed by atoms with E-state index in [1.807, 2.05) is 16.8 Å². The molecule has 1 aliphatic rings. The van der Waals surface area contributed by atoms with Crippen molar-refractivity contribution in [2.45, 2.75) is 11.3 Å². The van der Waals surface area contributed by atoms with E-state index in [0.29, 0.717) is 19.0 Å². The molecule has 3 aromatic rings. The van der Waals surface area contributed by atoms with Gasteiger partial charge in [0, 0.05) is 13.1 Å². The van der Waals surface area contributed by atoms with Gasteiger partial charge in [-0.05, 0) is 64.9 Å².